The van der Waals surface area contributed by atoms with E-state index < -0.39 is 0 Å². The molecule has 1 atom stereocenters. The van der Waals surface area contributed by atoms with E-state index in [1.165, 1.54) is 31.6 Å². The smallest absolute Gasteiger partial charge is 0.0461 e. The lowest BCUT2D eigenvalue weighted by atomic mass is 10.1. The Bertz CT molecular complexity index is 306. The Hall–Kier alpha value is -0.800. The van der Waals surface area contributed by atoms with Gasteiger partial charge in [-0.3, -0.25) is 0 Å². The van der Waals surface area contributed by atoms with Crippen molar-refractivity contribution in [3.63, 3.8) is 0 Å². The van der Waals surface area contributed by atoms with Gasteiger partial charge < -0.3 is 15.2 Å². The average molecular weight is 207 g/mol. The van der Waals surface area contributed by atoms with Crippen molar-refractivity contribution in [1.82, 2.24) is 9.47 Å². The number of nitrogens with zero attached hydrogens (tertiary/aromatic N) is 2. The van der Waals surface area contributed by atoms with E-state index in [9.17, 15) is 0 Å². The summed E-state index contributed by atoms with van der Waals surface area (Å²) in [5, 5.41) is 0. The largest absolute Gasteiger partial charge is 0.346 e. The van der Waals surface area contributed by atoms with Crippen LogP contribution < -0.4 is 5.73 Å². The van der Waals surface area contributed by atoms with Crippen LogP contribution in [0.3, 0.4) is 0 Å². The maximum absolute atomic E-state index is 5.73. The summed E-state index contributed by atoms with van der Waals surface area (Å²) in [6, 6.07) is 4.87. The van der Waals surface area contributed by atoms with Crippen LogP contribution in [0.15, 0.2) is 18.3 Å². The van der Waals surface area contributed by atoms with E-state index >= 15 is 0 Å². The summed E-state index contributed by atoms with van der Waals surface area (Å²) in [6.07, 6.45) is 4.77. The predicted octanol–water partition coefficient (Wildman–Crippen LogP) is 1.60. The minimum absolute atomic E-state index is 0.632. The molecule has 1 saturated heterocycles. The van der Waals surface area contributed by atoms with Gasteiger partial charge in [0.25, 0.3) is 0 Å². The highest BCUT2D eigenvalue weighted by molar-refractivity contribution is 5.08. The molecule has 0 aliphatic carbocycles. The molecule has 1 aromatic heterocycles. The number of nitrogens with two attached hydrogens (primary N) is 1. The van der Waals surface area contributed by atoms with Crippen LogP contribution in [0.5, 0.6) is 0 Å². The van der Waals surface area contributed by atoms with E-state index in [0.717, 1.165) is 6.54 Å². The van der Waals surface area contributed by atoms with E-state index in [-0.39, 0.29) is 0 Å². The molecule has 2 heterocycles. The van der Waals surface area contributed by atoms with Gasteiger partial charge in [-0.1, -0.05) is 6.92 Å². The van der Waals surface area contributed by atoms with Crippen molar-refractivity contribution in [3.8, 4) is 0 Å². The monoisotopic (exact) mass is 207 g/mol. The van der Waals surface area contributed by atoms with Gasteiger partial charge in [-0.05, 0) is 38.1 Å². The zero-order valence-electron chi connectivity index (χ0n) is 9.52. The highest BCUT2D eigenvalue weighted by Gasteiger charge is 2.20. The van der Waals surface area contributed by atoms with Crippen LogP contribution in [-0.2, 0) is 6.54 Å². The Kier molecular flexibility index (Phi) is 3.44. The molecule has 0 spiro atoms. The Morgan fingerprint density at radius 3 is 3.13 bits per heavy atom. The van der Waals surface area contributed by atoms with Crippen LogP contribution in [0.2, 0.25) is 0 Å². The normalized spacial score (nSPS) is 23.2. The predicted molar refractivity (Wildman–Crippen MR) is 62.7 cm³/mol. The molecule has 1 aliphatic rings. The molecule has 0 aromatic carbocycles. The SMILES string of the molecule is CCN1CCCC(n2cccc2CN)C1. The second-order valence-electron chi connectivity index (χ2n) is 4.30. The summed E-state index contributed by atoms with van der Waals surface area (Å²) in [7, 11) is 0. The third-order valence-corrected chi connectivity index (χ3v) is 3.40. The summed E-state index contributed by atoms with van der Waals surface area (Å²) in [6.45, 7) is 6.48. The lowest BCUT2D eigenvalue weighted by Gasteiger charge is -2.33. The average Bonchev–Trinajstić information content (AvgIpc) is 2.77. The first-order chi connectivity index (χ1) is 7.35. The first-order valence-corrected chi connectivity index (χ1v) is 5.93. The topological polar surface area (TPSA) is 34.2 Å². The first-order valence-electron chi connectivity index (χ1n) is 5.93. The van der Waals surface area contributed by atoms with Gasteiger partial charge in [0.15, 0.2) is 0 Å². The lowest BCUT2D eigenvalue weighted by Crippen LogP contribution is -2.36. The van der Waals surface area contributed by atoms with Crippen molar-refractivity contribution in [1.29, 1.82) is 0 Å². The molecule has 0 amide bonds. The number of hydrogen-bond donors (Lipinski definition) is 1. The van der Waals surface area contributed by atoms with Crippen LogP contribution in [0.25, 0.3) is 0 Å². The second kappa shape index (κ2) is 4.81. The molecule has 1 aliphatic heterocycles. The summed E-state index contributed by atoms with van der Waals surface area (Å²) in [4.78, 5) is 2.52. The molecule has 0 bridgehead atoms. The van der Waals surface area contributed by atoms with Crippen LogP contribution in [0.1, 0.15) is 31.5 Å². The zero-order chi connectivity index (χ0) is 10.7. The van der Waals surface area contributed by atoms with Crippen molar-refractivity contribution in [2.45, 2.75) is 32.4 Å². The third kappa shape index (κ3) is 2.24. The lowest BCUT2D eigenvalue weighted by molar-refractivity contribution is 0.184. The van der Waals surface area contributed by atoms with Gasteiger partial charge in [-0.15, -0.1) is 0 Å². The number of piperidine rings is 1. The molecule has 0 radical (unpaired) electrons. The van der Waals surface area contributed by atoms with Crippen molar-refractivity contribution in [2.75, 3.05) is 19.6 Å². The van der Waals surface area contributed by atoms with Crippen molar-refractivity contribution in [2.24, 2.45) is 5.73 Å². The molecule has 1 aromatic rings. The van der Waals surface area contributed by atoms with Gasteiger partial charge in [0.05, 0.1) is 0 Å². The molecule has 3 heteroatoms. The quantitative estimate of drug-likeness (QED) is 0.817. The van der Waals surface area contributed by atoms with E-state index in [1.54, 1.807) is 0 Å². The minimum atomic E-state index is 0.632. The van der Waals surface area contributed by atoms with Crippen molar-refractivity contribution in [3.05, 3.63) is 24.0 Å². The van der Waals surface area contributed by atoms with Gasteiger partial charge in [0.2, 0.25) is 0 Å². The van der Waals surface area contributed by atoms with E-state index in [4.69, 9.17) is 5.73 Å². The van der Waals surface area contributed by atoms with Gasteiger partial charge in [0, 0.05) is 31.0 Å². The molecule has 3 nitrogen and oxygen atoms in total. The van der Waals surface area contributed by atoms with Crippen LogP contribution in [-0.4, -0.2) is 29.1 Å². The van der Waals surface area contributed by atoms with Crippen molar-refractivity contribution < 1.29 is 0 Å². The highest BCUT2D eigenvalue weighted by atomic mass is 15.2. The zero-order valence-corrected chi connectivity index (χ0v) is 9.52. The Balaban J connectivity index is 2.09. The van der Waals surface area contributed by atoms with Gasteiger partial charge >= 0.3 is 0 Å². The van der Waals surface area contributed by atoms with Gasteiger partial charge in [-0.25, -0.2) is 0 Å². The van der Waals surface area contributed by atoms with Crippen LogP contribution in [0.4, 0.5) is 0 Å². The highest BCUT2D eigenvalue weighted by Crippen LogP contribution is 2.23. The van der Waals surface area contributed by atoms with Crippen LogP contribution >= 0.6 is 0 Å². The first kappa shape index (κ1) is 10.7. The molecular weight excluding hydrogens is 186 g/mol. The van der Waals surface area contributed by atoms with Gasteiger partial charge in [0.1, 0.15) is 0 Å². The van der Waals surface area contributed by atoms with E-state index in [2.05, 4.69) is 34.7 Å². The van der Waals surface area contributed by atoms with Crippen molar-refractivity contribution >= 4 is 0 Å². The van der Waals surface area contributed by atoms with Gasteiger partial charge in [-0.2, -0.15) is 0 Å². The minimum Gasteiger partial charge on any atom is -0.346 e. The van der Waals surface area contributed by atoms with E-state index in [0.29, 0.717) is 12.6 Å². The molecule has 2 N–H and O–H groups in total. The second-order valence-corrected chi connectivity index (χ2v) is 4.30. The van der Waals surface area contributed by atoms with Crippen LogP contribution in [0, 0.1) is 0 Å². The molecular formula is C12H21N3. The fourth-order valence-corrected chi connectivity index (χ4v) is 2.50. The number of hydrogen-bond acceptors (Lipinski definition) is 2. The third-order valence-electron chi connectivity index (χ3n) is 3.40. The molecule has 84 valence electrons. The Morgan fingerprint density at radius 2 is 2.40 bits per heavy atom. The number of aromatic nitrogens is 1. The molecule has 15 heavy (non-hydrogen) atoms. The standard InChI is InChI=1S/C12H21N3/c1-2-14-7-3-6-12(10-14)15-8-4-5-11(15)9-13/h4-5,8,12H,2-3,6-7,9-10,13H2,1H3. The molecule has 1 unspecified atom stereocenters. The summed E-state index contributed by atoms with van der Waals surface area (Å²) in [5.41, 5.74) is 7.00. The summed E-state index contributed by atoms with van der Waals surface area (Å²) >= 11 is 0. The summed E-state index contributed by atoms with van der Waals surface area (Å²) in [5.74, 6) is 0. The Morgan fingerprint density at radius 1 is 1.53 bits per heavy atom. The Labute approximate surface area is 91.9 Å². The molecule has 2 rings (SSSR count). The fourth-order valence-electron chi connectivity index (χ4n) is 2.50. The molecule has 0 saturated carbocycles. The molecule has 1 fully saturated rings. The summed E-state index contributed by atoms with van der Waals surface area (Å²) < 4.78 is 2.36. The fraction of sp³-hybridized carbons (Fsp3) is 0.667. The number of rotatable bonds is 3. The van der Waals surface area contributed by atoms with E-state index in [1.807, 2.05) is 0 Å². The number of likely N-dealkylation sites (N-methyl/N-ethyl adjacent to an activating group) is 1. The maximum Gasteiger partial charge on any atom is 0.0461 e. The maximum atomic E-state index is 5.73. The number of likely N-dealkylation sites (tertiary alicyclic amines) is 1.